The van der Waals surface area contributed by atoms with Crippen molar-refractivity contribution in [2.24, 2.45) is 0 Å². The molecule has 1 heterocycles. The molecule has 2 rings (SSSR count). The van der Waals surface area contributed by atoms with Gasteiger partial charge in [0.1, 0.15) is 12.7 Å². The Morgan fingerprint density at radius 3 is 2.42 bits per heavy atom. The molecule has 0 fully saturated rings. The summed E-state index contributed by atoms with van der Waals surface area (Å²) in [7, 11) is 3.06. The summed E-state index contributed by atoms with van der Waals surface area (Å²) in [6, 6.07) is 8.91. The van der Waals surface area contributed by atoms with E-state index in [1.807, 2.05) is 13.0 Å². The van der Waals surface area contributed by atoms with E-state index in [4.69, 9.17) is 14.2 Å². The number of amides is 1. The Labute approximate surface area is 145 Å². The van der Waals surface area contributed by atoms with Crippen molar-refractivity contribution in [3.8, 4) is 17.2 Å². The lowest BCUT2D eigenvalue weighted by Crippen LogP contribution is -2.35. The minimum Gasteiger partial charge on any atom is -0.493 e. The predicted molar refractivity (Wildman–Crippen MR) is 92.4 cm³/mol. The third-order valence-corrected chi connectivity index (χ3v) is 4.26. The molecule has 24 heavy (non-hydrogen) atoms. The van der Waals surface area contributed by atoms with Crippen molar-refractivity contribution in [3.05, 3.63) is 40.1 Å². The predicted octanol–water partition coefficient (Wildman–Crippen LogP) is 2.24. The molecule has 0 aliphatic rings. The Morgan fingerprint density at radius 1 is 1.21 bits per heavy atom. The van der Waals surface area contributed by atoms with E-state index >= 15 is 0 Å². The third-order valence-electron chi connectivity index (χ3n) is 3.27. The van der Waals surface area contributed by atoms with Gasteiger partial charge in [-0.05, 0) is 31.2 Å². The number of rotatable bonds is 8. The monoisotopic (exact) mass is 351 g/mol. The maximum atomic E-state index is 11.9. The lowest BCUT2D eigenvalue weighted by atomic mass is 10.3. The van der Waals surface area contributed by atoms with Crippen LogP contribution in [0.15, 0.2) is 30.3 Å². The third kappa shape index (κ3) is 4.62. The van der Waals surface area contributed by atoms with E-state index < -0.39 is 6.10 Å². The number of hydrogen-bond acceptors (Lipinski definition) is 6. The van der Waals surface area contributed by atoms with Gasteiger partial charge < -0.3 is 24.6 Å². The van der Waals surface area contributed by atoms with Crippen LogP contribution in [0.5, 0.6) is 17.2 Å². The average molecular weight is 351 g/mol. The summed E-state index contributed by atoms with van der Waals surface area (Å²) in [4.78, 5) is 13.6. The number of carbonyl (C=O) groups is 1. The summed E-state index contributed by atoms with van der Waals surface area (Å²) < 4.78 is 16.1. The summed E-state index contributed by atoms with van der Waals surface area (Å²) in [5, 5.41) is 12.7. The fourth-order valence-electron chi connectivity index (χ4n) is 2.05. The van der Waals surface area contributed by atoms with E-state index in [2.05, 4.69) is 5.32 Å². The maximum absolute atomic E-state index is 11.9. The number of aliphatic hydroxyl groups is 1. The number of benzene rings is 1. The molecule has 0 bridgehead atoms. The van der Waals surface area contributed by atoms with E-state index in [1.165, 1.54) is 25.6 Å². The van der Waals surface area contributed by atoms with Crippen LogP contribution >= 0.6 is 11.3 Å². The highest BCUT2D eigenvalue weighted by molar-refractivity contribution is 7.13. The Hall–Kier alpha value is -2.25. The quantitative estimate of drug-likeness (QED) is 0.763. The lowest BCUT2D eigenvalue weighted by Gasteiger charge is -2.17. The van der Waals surface area contributed by atoms with Gasteiger partial charge in [-0.3, -0.25) is 4.79 Å². The second-order valence-corrected chi connectivity index (χ2v) is 6.36. The molecule has 0 aliphatic heterocycles. The average Bonchev–Trinajstić information content (AvgIpc) is 3.03. The highest BCUT2D eigenvalue weighted by Crippen LogP contribution is 2.36. The first-order chi connectivity index (χ1) is 11.5. The number of nitrogens with one attached hydrogen (secondary N) is 1. The summed E-state index contributed by atoms with van der Waals surface area (Å²) in [5.74, 6) is 1.24. The van der Waals surface area contributed by atoms with Gasteiger partial charge in [-0.2, -0.15) is 0 Å². The topological polar surface area (TPSA) is 77.0 Å². The van der Waals surface area contributed by atoms with Gasteiger partial charge in [-0.15, -0.1) is 11.3 Å². The van der Waals surface area contributed by atoms with Gasteiger partial charge >= 0.3 is 0 Å². The number of carbonyl (C=O) groups excluding carboxylic acids is 1. The molecule has 1 atom stereocenters. The number of aliphatic hydroxyl groups excluding tert-OH is 1. The molecule has 2 aromatic rings. The van der Waals surface area contributed by atoms with Gasteiger partial charge in [0.2, 0.25) is 5.75 Å². The summed E-state index contributed by atoms with van der Waals surface area (Å²) in [6.07, 6.45) is -0.857. The second-order valence-electron chi connectivity index (χ2n) is 5.08. The van der Waals surface area contributed by atoms with Crippen molar-refractivity contribution in [3.63, 3.8) is 0 Å². The van der Waals surface area contributed by atoms with Crippen LogP contribution in [-0.2, 0) is 0 Å². The Bertz CT molecular complexity index is 663. The fourth-order valence-corrected chi connectivity index (χ4v) is 2.84. The van der Waals surface area contributed by atoms with Gasteiger partial charge in [0.05, 0.1) is 19.1 Å². The highest BCUT2D eigenvalue weighted by atomic mass is 32.1. The van der Waals surface area contributed by atoms with E-state index in [0.717, 1.165) is 4.88 Å². The first-order valence-corrected chi connectivity index (χ1v) is 8.23. The van der Waals surface area contributed by atoms with Crippen molar-refractivity contribution in [2.45, 2.75) is 13.0 Å². The zero-order valence-electron chi connectivity index (χ0n) is 13.9. The molecule has 1 aromatic carbocycles. The van der Waals surface area contributed by atoms with Crippen LogP contribution in [-0.4, -0.2) is 44.5 Å². The second kappa shape index (κ2) is 8.56. The van der Waals surface area contributed by atoms with Crippen molar-refractivity contribution in [1.29, 1.82) is 0 Å². The van der Waals surface area contributed by atoms with Crippen LogP contribution in [0.4, 0.5) is 0 Å². The maximum Gasteiger partial charge on any atom is 0.261 e. The van der Waals surface area contributed by atoms with Crippen LogP contribution in [0.25, 0.3) is 0 Å². The summed E-state index contributed by atoms with van der Waals surface area (Å²) in [5.41, 5.74) is 0. The molecule has 0 saturated heterocycles. The van der Waals surface area contributed by atoms with Crippen LogP contribution in [0, 0.1) is 6.92 Å². The van der Waals surface area contributed by atoms with Crippen LogP contribution in [0.1, 0.15) is 14.5 Å². The highest BCUT2D eigenvalue weighted by Gasteiger charge is 2.15. The summed E-state index contributed by atoms with van der Waals surface area (Å²) in [6.45, 7) is 2.03. The Morgan fingerprint density at radius 2 is 1.88 bits per heavy atom. The van der Waals surface area contributed by atoms with Crippen molar-refractivity contribution >= 4 is 17.2 Å². The molecular formula is C17H21NO5S. The van der Waals surface area contributed by atoms with E-state index in [9.17, 15) is 9.90 Å². The van der Waals surface area contributed by atoms with E-state index in [1.54, 1.807) is 24.3 Å². The number of thiophene rings is 1. The normalized spacial score (nSPS) is 11.7. The lowest BCUT2D eigenvalue weighted by molar-refractivity contribution is 0.0836. The molecule has 1 amide bonds. The number of methoxy groups -OCH3 is 2. The van der Waals surface area contributed by atoms with E-state index in [0.29, 0.717) is 22.1 Å². The number of ether oxygens (including phenoxy) is 3. The fraction of sp³-hybridized carbons (Fsp3) is 0.353. The number of aryl methyl sites for hydroxylation is 1. The molecule has 1 unspecified atom stereocenters. The van der Waals surface area contributed by atoms with Gasteiger partial charge in [0.25, 0.3) is 5.91 Å². The molecule has 0 aliphatic carbocycles. The molecule has 1 aromatic heterocycles. The molecule has 0 spiro atoms. The van der Waals surface area contributed by atoms with Gasteiger partial charge in [-0.1, -0.05) is 6.07 Å². The van der Waals surface area contributed by atoms with Crippen LogP contribution < -0.4 is 19.5 Å². The van der Waals surface area contributed by atoms with Gasteiger partial charge in [-0.25, -0.2) is 0 Å². The number of hydrogen-bond donors (Lipinski definition) is 2. The smallest absolute Gasteiger partial charge is 0.261 e. The molecule has 6 nitrogen and oxygen atoms in total. The van der Waals surface area contributed by atoms with Crippen molar-refractivity contribution < 1.29 is 24.1 Å². The molecule has 7 heteroatoms. The van der Waals surface area contributed by atoms with Crippen molar-refractivity contribution in [1.82, 2.24) is 5.32 Å². The molecule has 0 saturated carbocycles. The van der Waals surface area contributed by atoms with Crippen molar-refractivity contribution in [2.75, 3.05) is 27.4 Å². The Balaban J connectivity index is 1.87. The van der Waals surface area contributed by atoms with Crippen LogP contribution in [0.3, 0.4) is 0 Å². The first-order valence-electron chi connectivity index (χ1n) is 7.41. The molecule has 2 N–H and O–H groups in total. The Kier molecular flexibility index (Phi) is 6.45. The number of para-hydroxylation sites is 1. The first kappa shape index (κ1) is 18.1. The summed E-state index contributed by atoms with van der Waals surface area (Å²) >= 11 is 1.41. The minimum absolute atomic E-state index is 0.000478. The zero-order chi connectivity index (χ0) is 17.5. The zero-order valence-corrected chi connectivity index (χ0v) is 14.7. The van der Waals surface area contributed by atoms with Crippen LogP contribution in [0.2, 0.25) is 0 Å². The SMILES string of the molecule is COc1cccc(OC)c1OCC(O)CNC(=O)c1ccc(C)s1. The minimum atomic E-state index is -0.857. The van der Waals surface area contributed by atoms with E-state index in [-0.39, 0.29) is 19.1 Å². The molecule has 0 radical (unpaired) electrons. The van der Waals surface area contributed by atoms with Gasteiger partial charge in [0, 0.05) is 11.4 Å². The van der Waals surface area contributed by atoms with Gasteiger partial charge in [0.15, 0.2) is 11.5 Å². The standard InChI is InChI=1S/C17H21NO5S/c1-11-7-8-15(24-11)17(20)18-9-12(19)10-23-16-13(21-2)5-4-6-14(16)22-3/h4-8,12,19H,9-10H2,1-3H3,(H,18,20). The molecular weight excluding hydrogens is 330 g/mol. The molecule has 130 valence electrons. The largest absolute Gasteiger partial charge is 0.493 e.